The standard InChI is InChI=1S/C27H24O6/c1-16-9-10-18(13-17(16)2)21(28)15-32-27-25(29)20-7-5-6-8-22(20)33-26(27)19-11-12-23(30-3)24(14-19)31-4/h5-14H,15H2,1-4H3. The largest absolute Gasteiger partial charge is 0.493 e. The molecule has 6 heteroatoms. The molecule has 168 valence electrons. The highest BCUT2D eigenvalue weighted by Gasteiger charge is 2.20. The Kier molecular flexibility index (Phi) is 6.18. The minimum Gasteiger partial charge on any atom is -0.493 e. The maximum Gasteiger partial charge on any atom is 0.235 e. The zero-order valence-electron chi connectivity index (χ0n) is 18.9. The van der Waals surface area contributed by atoms with Gasteiger partial charge in [-0.2, -0.15) is 0 Å². The van der Waals surface area contributed by atoms with Gasteiger partial charge in [0.25, 0.3) is 0 Å². The Morgan fingerprint density at radius 3 is 2.36 bits per heavy atom. The van der Waals surface area contributed by atoms with Crippen LogP contribution in [0.3, 0.4) is 0 Å². The number of rotatable bonds is 7. The second kappa shape index (κ2) is 9.20. The van der Waals surface area contributed by atoms with Gasteiger partial charge in [0.15, 0.2) is 29.6 Å². The predicted molar refractivity (Wildman–Crippen MR) is 127 cm³/mol. The van der Waals surface area contributed by atoms with Gasteiger partial charge in [0.2, 0.25) is 11.2 Å². The summed E-state index contributed by atoms with van der Waals surface area (Å²) in [5.41, 5.74) is 3.25. The highest BCUT2D eigenvalue weighted by atomic mass is 16.5. The number of aryl methyl sites for hydroxylation is 2. The van der Waals surface area contributed by atoms with Crippen molar-refractivity contribution in [3.05, 3.63) is 87.6 Å². The number of benzene rings is 3. The van der Waals surface area contributed by atoms with E-state index in [9.17, 15) is 9.59 Å². The van der Waals surface area contributed by atoms with Crippen LogP contribution in [0.25, 0.3) is 22.3 Å². The SMILES string of the molecule is COc1ccc(-c2oc3ccccc3c(=O)c2OCC(=O)c2ccc(C)c(C)c2)cc1OC. The lowest BCUT2D eigenvalue weighted by atomic mass is 10.0. The molecular formula is C27H24O6. The molecule has 0 radical (unpaired) electrons. The number of carbonyl (C=O) groups is 1. The lowest BCUT2D eigenvalue weighted by Crippen LogP contribution is -2.17. The van der Waals surface area contributed by atoms with Crippen molar-refractivity contribution < 1.29 is 23.4 Å². The molecular weight excluding hydrogens is 420 g/mol. The van der Waals surface area contributed by atoms with E-state index in [2.05, 4.69) is 0 Å². The van der Waals surface area contributed by atoms with Crippen molar-refractivity contribution in [2.75, 3.05) is 20.8 Å². The summed E-state index contributed by atoms with van der Waals surface area (Å²) in [4.78, 5) is 26.1. The number of hydrogen-bond donors (Lipinski definition) is 0. The van der Waals surface area contributed by atoms with Crippen LogP contribution in [0, 0.1) is 13.8 Å². The van der Waals surface area contributed by atoms with Crippen molar-refractivity contribution in [1.82, 2.24) is 0 Å². The molecule has 0 bridgehead atoms. The molecule has 0 unspecified atom stereocenters. The Hall–Kier alpha value is -4.06. The molecule has 3 aromatic carbocycles. The monoisotopic (exact) mass is 444 g/mol. The molecule has 0 amide bonds. The predicted octanol–water partition coefficient (Wildman–Crippen LogP) is 5.36. The van der Waals surface area contributed by atoms with Gasteiger partial charge in [-0.15, -0.1) is 0 Å². The van der Waals surface area contributed by atoms with Gasteiger partial charge in [-0.3, -0.25) is 9.59 Å². The molecule has 4 rings (SSSR count). The fourth-order valence-corrected chi connectivity index (χ4v) is 3.56. The van der Waals surface area contributed by atoms with E-state index in [0.717, 1.165) is 11.1 Å². The maximum absolute atomic E-state index is 13.3. The first-order valence-corrected chi connectivity index (χ1v) is 10.4. The quantitative estimate of drug-likeness (QED) is 0.358. The second-order valence-electron chi connectivity index (χ2n) is 7.67. The third kappa shape index (κ3) is 4.32. The van der Waals surface area contributed by atoms with Crippen molar-refractivity contribution in [1.29, 1.82) is 0 Å². The Bertz CT molecular complexity index is 1400. The lowest BCUT2D eigenvalue weighted by molar-refractivity contribution is 0.0920. The van der Waals surface area contributed by atoms with Crippen LogP contribution in [0.15, 0.2) is 69.9 Å². The van der Waals surface area contributed by atoms with Gasteiger partial charge in [-0.1, -0.05) is 24.3 Å². The van der Waals surface area contributed by atoms with E-state index < -0.39 is 0 Å². The summed E-state index contributed by atoms with van der Waals surface area (Å²) in [7, 11) is 3.07. The fraction of sp³-hybridized carbons (Fsp3) is 0.185. The average Bonchev–Trinajstić information content (AvgIpc) is 2.84. The molecule has 4 aromatic rings. The van der Waals surface area contributed by atoms with E-state index in [1.807, 2.05) is 26.0 Å². The van der Waals surface area contributed by atoms with E-state index in [-0.39, 0.29) is 29.3 Å². The van der Waals surface area contributed by atoms with Crippen LogP contribution in [0.2, 0.25) is 0 Å². The Labute approximate surface area is 191 Å². The van der Waals surface area contributed by atoms with Gasteiger partial charge < -0.3 is 18.6 Å². The highest BCUT2D eigenvalue weighted by molar-refractivity contribution is 5.97. The first-order valence-electron chi connectivity index (χ1n) is 10.4. The topological polar surface area (TPSA) is 75.0 Å². The Balaban J connectivity index is 1.78. The average molecular weight is 444 g/mol. The number of ketones is 1. The van der Waals surface area contributed by atoms with Crippen LogP contribution < -0.4 is 19.6 Å². The van der Waals surface area contributed by atoms with Crippen molar-refractivity contribution in [3.63, 3.8) is 0 Å². The van der Waals surface area contributed by atoms with Crippen molar-refractivity contribution in [2.24, 2.45) is 0 Å². The highest BCUT2D eigenvalue weighted by Crippen LogP contribution is 2.36. The van der Waals surface area contributed by atoms with E-state index >= 15 is 0 Å². The minimum atomic E-state index is -0.352. The third-order valence-corrected chi connectivity index (χ3v) is 5.58. The molecule has 0 fully saturated rings. The maximum atomic E-state index is 13.3. The van der Waals surface area contributed by atoms with E-state index in [0.29, 0.717) is 33.6 Å². The molecule has 0 spiro atoms. The molecule has 0 aliphatic carbocycles. The Morgan fingerprint density at radius 1 is 0.879 bits per heavy atom. The van der Waals surface area contributed by atoms with Crippen LogP contribution in [0.5, 0.6) is 17.2 Å². The molecule has 0 aliphatic rings. The van der Waals surface area contributed by atoms with Crippen LogP contribution in [-0.4, -0.2) is 26.6 Å². The number of para-hydroxylation sites is 1. The Morgan fingerprint density at radius 2 is 1.64 bits per heavy atom. The molecule has 0 saturated heterocycles. The van der Waals surface area contributed by atoms with E-state index in [1.54, 1.807) is 55.6 Å². The van der Waals surface area contributed by atoms with Crippen molar-refractivity contribution in [2.45, 2.75) is 13.8 Å². The van der Waals surface area contributed by atoms with Gasteiger partial charge in [-0.25, -0.2) is 0 Å². The molecule has 0 saturated carbocycles. The molecule has 33 heavy (non-hydrogen) atoms. The molecule has 0 atom stereocenters. The summed E-state index contributed by atoms with van der Waals surface area (Å²) in [5.74, 6) is 0.967. The molecule has 0 N–H and O–H groups in total. The lowest BCUT2D eigenvalue weighted by Gasteiger charge is -2.13. The van der Waals surface area contributed by atoms with Gasteiger partial charge in [-0.05, 0) is 61.4 Å². The van der Waals surface area contributed by atoms with Crippen LogP contribution in [-0.2, 0) is 0 Å². The number of methoxy groups -OCH3 is 2. The van der Waals surface area contributed by atoms with Gasteiger partial charge in [0.05, 0.1) is 19.6 Å². The summed E-state index contributed by atoms with van der Waals surface area (Å²) in [6.07, 6.45) is 0. The first kappa shape index (κ1) is 22.1. The molecule has 0 aliphatic heterocycles. The smallest absolute Gasteiger partial charge is 0.235 e. The minimum absolute atomic E-state index is 0.0295. The summed E-state index contributed by atoms with van der Waals surface area (Å²) in [6, 6.07) is 17.5. The number of Topliss-reactive ketones (excluding diaryl/α,β-unsaturated/α-hetero) is 1. The fourth-order valence-electron chi connectivity index (χ4n) is 3.56. The summed E-state index contributed by atoms with van der Waals surface area (Å²) in [5, 5.41) is 0.371. The zero-order chi connectivity index (χ0) is 23.5. The van der Waals surface area contributed by atoms with Crippen LogP contribution in [0.4, 0.5) is 0 Å². The number of fused-ring (bicyclic) bond motifs is 1. The van der Waals surface area contributed by atoms with E-state index in [4.69, 9.17) is 18.6 Å². The van der Waals surface area contributed by atoms with Gasteiger partial charge in [0.1, 0.15) is 5.58 Å². The summed E-state index contributed by atoms with van der Waals surface area (Å²) >= 11 is 0. The summed E-state index contributed by atoms with van der Waals surface area (Å²) < 4.78 is 22.6. The van der Waals surface area contributed by atoms with Gasteiger partial charge in [0, 0.05) is 11.1 Å². The van der Waals surface area contributed by atoms with Crippen molar-refractivity contribution >= 4 is 16.8 Å². The molecule has 6 nitrogen and oxygen atoms in total. The van der Waals surface area contributed by atoms with Gasteiger partial charge >= 0.3 is 0 Å². The van der Waals surface area contributed by atoms with Crippen LogP contribution >= 0.6 is 0 Å². The van der Waals surface area contributed by atoms with E-state index in [1.165, 1.54) is 7.11 Å². The summed E-state index contributed by atoms with van der Waals surface area (Å²) in [6.45, 7) is 3.63. The number of hydrogen-bond acceptors (Lipinski definition) is 6. The third-order valence-electron chi connectivity index (χ3n) is 5.58. The first-order chi connectivity index (χ1) is 15.9. The zero-order valence-corrected chi connectivity index (χ0v) is 18.9. The van der Waals surface area contributed by atoms with Crippen LogP contribution in [0.1, 0.15) is 21.5 Å². The number of ether oxygens (including phenoxy) is 3. The molecule has 1 heterocycles. The second-order valence-corrected chi connectivity index (χ2v) is 7.67. The van der Waals surface area contributed by atoms with Crippen molar-refractivity contribution in [3.8, 4) is 28.6 Å². The molecule has 1 aromatic heterocycles. The normalized spacial score (nSPS) is 10.8. The number of carbonyl (C=O) groups excluding carboxylic acids is 1.